The van der Waals surface area contributed by atoms with E-state index in [1.54, 1.807) is 23.0 Å². The van der Waals surface area contributed by atoms with Crippen molar-refractivity contribution in [3.8, 4) is 5.69 Å². The van der Waals surface area contributed by atoms with Crippen LogP contribution in [0.1, 0.15) is 49.7 Å². The average Bonchev–Trinajstić information content (AvgIpc) is 3.33. The molecule has 2 aromatic heterocycles. The van der Waals surface area contributed by atoms with Crippen LogP contribution in [0.5, 0.6) is 0 Å². The highest BCUT2D eigenvalue weighted by Gasteiger charge is 2.16. The summed E-state index contributed by atoms with van der Waals surface area (Å²) in [7, 11) is 1.74. The minimum Gasteiger partial charge on any atom is -0.361 e. The van der Waals surface area contributed by atoms with Crippen molar-refractivity contribution < 1.29 is 9.32 Å². The van der Waals surface area contributed by atoms with Gasteiger partial charge in [-0.1, -0.05) is 31.1 Å². The number of carbonyl (C=O) groups is 1. The van der Waals surface area contributed by atoms with E-state index in [2.05, 4.69) is 20.6 Å². The van der Waals surface area contributed by atoms with Crippen LogP contribution in [-0.4, -0.2) is 37.9 Å². The summed E-state index contributed by atoms with van der Waals surface area (Å²) in [4.78, 5) is 18.0. The monoisotopic (exact) mass is 368 g/mol. The van der Waals surface area contributed by atoms with Crippen LogP contribution in [0.25, 0.3) is 5.69 Å². The lowest BCUT2D eigenvalue weighted by Gasteiger charge is -2.21. The lowest BCUT2D eigenvalue weighted by molar-refractivity contribution is 0.202. The molecule has 0 radical (unpaired) electrons. The molecule has 1 atom stereocenters. The molecule has 142 valence electrons. The molecule has 3 rings (SSSR count). The van der Waals surface area contributed by atoms with Crippen LogP contribution in [0.2, 0.25) is 0 Å². The highest BCUT2D eigenvalue weighted by atomic mass is 16.5. The van der Waals surface area contributed by atoms with Crippen molar-refractivity contribution in [2.45, 2.75) is 39.3 Å². The van der Waals surface area contributed by atoms with Gasteiger partial charge in [0.05, 0.1) is 18.3 Å². The second-order valence-corrected chi connectivity index (χ2v) is 6.83. The van der Waals surface area contributed by atoms with E-state index >= 15 is 0 Å². The van der Waals surface area contributed by atoms with Crippen molar-refractivity contribution in [2.24, 2.45) is 0 Å². The quantitative estimate of drug-likeness (QED) is 0.721. The lowest BCUT2D eigenvalue weighted by atomic mass is 10.1. The first-order chi connectivity index (χ1) is 12.9. The van der Waals surface area contributed by atoms with E-state index in [-0.39, 0.29) is 18.0 Å². The van der Waals surface area contributed by atoms with E-state index in [1.807, 2.05) is 51.1 Å². The van der Waals surface area contributed by atoms with Gasteiger partial charge in [-0.2, -0.15) is 5.10 Å². The lowest BCUT2D eigenvalue weighted by Crippen LogP contribution is -2.38. The first-order valence-corrected chi connectivity index (χ1v) is 8.86. The van der Waals surface area contributed by atoms with Gasteiger partial charge in [0.1, 0.15) is 24.1 Å². The van der Waals surface area contributed by atoms with E-state index in [0.717, 1.165) is 22.7 Å². The first-order valence-electron chi connectivity index (χ1n) is 8.86. The van der Waals surface area contributed by atoms with Crippen molar-refractivity contribution in [3.63, 3.8) is 0 Å². The van der Waals surface area contributed by atoms with Crippen LogP contribution in [-0.2, 0) is 6.54 Å². The molecule has 1 aromatic carbocycles. The Balaban J connectivity index is 1.57. The largest absolute Gasteiger partial charge is 0.361 e. The van der Waals surface area contributed by atoms with Gasteiger partial charge in [0.15, 0.2) is 0 Å². The Morgan fingerprint density at radius 1 is 1.26 bits per heavy atom. The number of hydrogen-bond acceptors (Lipinski definition) is 5. The summed E-state index contributed by atoms with van der Waals surface area (Å²) < 4.78 is 6.96. The molecule has 0 aliphatic heterocycles. The molecular formula is C19H24N6O2. The number of nitrogens with one attached hydrogen (secondary N) is 1. The second-order valence-electron chi connectivity index (χ2n) is 6.83. The van der Waals surface area contributed by atoms with Gasteiger partial charge in [0.2, 0.25) is 0 Å². The van der Waals surface area contributed by atoms with Crippen molar-refractivity contribution >= 4 is 6.03 Å². The van der Waals surface area contributed by atoms with Gasteiger partial charge >= 0.3 is 6.03 Å². The topological polar surface area (TPSA) is 89.1 Å². The molecule has 0 fully saturated rings. The zero-order valence-electron chi connectivity index (χ0n) is 16.0. The van der Waals surface area contributed by atoms with Crippen molar-refractivity contribution in [1.29, 1.82) is 0 Å². The van der Waals surface area contributed by atoms with E-state index in [1.165, 1.54) is 6.33 Å². The number of amides is 2. The summed E-state index contributed by atoms with van der Waals surface area (Å²) in [6.07, 6.45) is 3.13. The minimum absolute atomic E-state index is 0.131. The molecule has 0 saturated carbocycles. The van der Waals surface area contributed by atoms with Gasteiger partial charge in [0.25, 0.3) is 0 Å². The molecule has 1 unspecified atom stereocenters. The minimum atomic E-state index is -0.169. The Bertz CT molecular complexity index is 870. The molecule has 8 heteroatoms. The Kier molecular flexibility index (Phi) is 5.54. The third-order valence-corrected chi connectivity index (χ3v) is 4.31. The van der Waals surface area contributed by atoms with Gasteiger partial charge in [-0.05, 0) is 24.6 Å². The van der Waals surface area contributed by atoms with Gasteiger partial charge in [-0.25, -0.2) is 14.5 Å². The molecule has 0 spiro atoms. The van der Waals surface area contributed by atoms with Crippen LogP contribution in [0.3, 0.4) is 0 Å². The highest BCUT2D eigenvalue weighted by Crippen LogP contribution is 2.17. The van der Waals surface area contributed by atoms with Crippen LogP contribution in [0.15, 0.2) is 47.5 Å². The van der Waals surface area contributed by atoms with Crippen molar-refractivity contribution in [3.05, 3.63) is 60.0 Å². The van der Waals surface area contributed by atoms with Gasteiger partial charge in [-0.15, -0.1) is 0 Å². The van der Waals surface area contributed by atoms with Crippen LogP contribution < -0.4 is 5.32 Å². The second kappa shape index (κ2) is 8.03. The Morgan fingerprint density at radius 2 is 2.00 bits per heavy atom. The Labute approximate surface area is 158 Å². The van der Waals surface area contributed by atoms with Gasteiger partial charge in [0, 0.05) is 19.0 Å². The average molecular weight is 368 g/mol. The molecule has 0 aliphatic rings. The third kappa shape index (κ3) is 4.52. The smallest absolute Gasteiger partial charge is 0.317 e. The number of nitrogens with zero attached hydrogens (tertiary/aromatic N) is 5. The van der Waals surface area contributed by atoms with E-state index < -0.39 is 0 Å². The summed E-state index contributed by atoms with van der Waals surface area (Å²) in [6.45, 7) is 6.41. The molecule has 0 saturated heterocycles. The molecule has 0 aliphatic carbocycles. The maximum atomic E-state index is 12.5. The Morgan fingerprint density at radius 3 is 2.59 bits per heavy atom. The first kappa shape index (κ1) is 18.6. The molecule has 3 aromatic rings. The van der Waals surface area contributed by atoms with Crippen LogP contribution >= 0.6 is 0 Å². The fourth-order valence-corrected chi connectivity index (χ4v) is 2.63. The molecular weight excluding hydrogens is 344 g/mol. The summed E-state index contributed by atoms with van der Waals surface area (Å²) in [5, 5.41) is 11.1. The number of urea groups is 1. The zero-order valence-corrected chi connectivity index (χ0v) is 16.0. The SMILES string of the molecule is CC(C)c1cc(CN(C)C(=O)NC(C)c2ccc(-n3cncn3)cc2)no1. The molecule has 0 bridgehead atoms. The third-order valence-electron chi connectivity index (χ3n) is 4.31. The summed E-state index contributed by atoms with van der Waals surface area (Å²) in [5.74, 6) is 1.09. The summed E-state index contributed by atoms with van der Waals surface area (Å²) in [5.41, 5.74) is 2.66. The fraction of sp³-hybridized carbons (Fsp3) is 0.368. The maximum absolute atomic E-state index is 12.5. The number of rotatable bonds is 6. The molecule has 2 amide bonds. The number of aromatic nitrogens is 4. The van der Waals surface area contributed by atoms with Gasteiger partial charge in [-0.3, -0.25) is 0 Å². The molecule has 2 heterocycles. The maximum Gasteiger partial charge on any atom is 0.317 e. The molecule has 27 heavy (non-hydrogen) atoms. The normalized spacial score (nSPS) is 12.2. The van der Waals surface area contributed by atoms with Crippen molar-refractivity contribution in [1.82, 2.24) is 30.1 Å². The predicted octanol–water partition coefficient (Wildman–Crippen LogP) is 3.28. The van der Waals surface area contributed by atoms with E-state index in [0.29, 0.717) is 6.54 Å². The van der Waals surface area contributed by atoms with Gasteiger partial charge < -0.3 is 14.7 Å². The number of carbonyl (C=O) groups excluding carboxylic acids is 1. The summed E-state index contributed by atoms with van der Waals surface area (Å²) in [6, 6.07) is 9.41. The standard InChI is InChI=1S/C19H24N6O2/c1-13(2)18-9-16(23-27-18)10-24(4)19(26)22-14(3)15-5-7-17(8-6-15)25-12-20-11-21-25/h5-9,11-14H,10H2,1-4H3,(H,22,26). The van der Waals surface area contributed by atoms with E-state index in [4.69, 9.17) is 4.52 Å². The fourth-order valence-electron chi connectivity index (χ4n) is 2.63. The number of hydrogen-bond donors (Lipinski definition) is 1. The zero-order chi connectivity index (χ0) is 19.4. The van der Waals surface area contributed by atoms with Crippen molar-refractivity contribution in [2.75, 3.05) is 7.05 Å². The highest BCUT2D eigenvalue weighted by molar-refractivity contribution is 5.74. The van der Waals surface area contributed by atoms with E-state index in [9.17, 15) is 4.79 Å². The predicted molar refractivity (Wildman–Crippen MR) is 100 cm³/mol. The number of benzene rings is 1. The molecule has 1 N–H and O–H groups in total. The summed E-state index contributed by atoms with van der Waals surface area (Å²) >= 11 is 0. The molecule has 8 nitrogen and oxygen atoms in total. The Hall–Kier alpha value is -3.16. The van der Waals surface area contributed by atoms with Crippen LogP contribution in [0.4, 0.5) is 4.79 Å². The van der Waals surface area contributed by atoms with Crippen LogP contribution in [0, 0.1) is 0 Å².